The van der Waals surface area contributed by atoms with E-state index >= 15 is 0 Å². The van der Waals surface area contributed by atoms with E-state index in [1.165, 1.54) is 6.33 Å². The van der Waals surface area contributed by atoms with Crippen molar-refractivity contribution in [3.05, 3.63) is 47.9 Å². The van der Waals surface area contributed by atoms with Crippen molar-refractivity contribution in [2.75, 3.05) is 13.1 Å². The molecule has 120 valence electrons. The standard InChI is InChI=1S/C16H18FN5O/c17-13-3-14(7-19-8-16-2-1-15(4-18)23-16)22(10-13)9-12-5-20-11-21-6-12/h1-2,5-6,11,13-14,19H,3,7-10H2/t13-,14-/m0/s1. The van der Waals surface area contributed by atoms with Gasteiger partial charge in [0.2, 0.25) is 5.76 Å². The lowest BCUT2D eigenvalue weighted by Crippen LogP contribution is -2.37. The van der Waals surface area contributed by atoms with Crippen LogP contribution in [0.15, 0.2) is 35.3 Å². The number of hydrogen-bond donors (Lipinski definition) is 1. The number of nitriles is 1. The van der Waals surface area contributed by atoms with Gasteiger partial charge in [0, 0.05) is 43.6 Å². The molecule has 6 nitrogen and oxygen atoms in total. The molecule has 1 aliphatic heterocycles. The lowest BCUT2D eigenvalue weighted by molar-refractivity contribution is 0.228. The van der Waals surface area contributed by atoms with Crippen LogP contribution < -0.4 is 5.32 Å². The summed E-state index contributed by atoms with van der Waals surface area (Å²) in [5.74, 6) is 1.01. The summed E-state index contributed by atoms with van der Waals surface area (Å²) in [6.45, 7) is 2.27. The van der Waals surface area contributed by atoms with Crippen LogP contribution in [0.3, 0.4) is 0 Å². The number of alkyl halides is 1. The van der Waals surface area contributed by atoms with E-state index in [2.05, 4.69) is 20.2 Å². The minimum atomic E-state index is -0.805. The minimum Gasteiger partial charge on any atom is -0.449 e. The van der Waals surface area contributed by atoms with Crippen LogP contribution in [0.1, 0.15) is 23.5 Å². The van der Waals surface area contributed by atoms with Crippen molar-refractivity contribution in [2.45, 2.75) is 31.7 Å². The van der Waals surface area contributed by atoms with Gasteiger partial charge in [-0.15, -0.1) is 0 Å². The maximum atomic E-state index is 13.8. The molecule has 0 amide bonds. The quantitative estimate of drug-likeness (QED) is 0.873. The zero-order valence-corrected chi connectivity index (χ0v) is 12.7. The molecule has 0 bridgehead atoms. The molecule has 0 aliphatic carbocycles. The van der Waals surface area contributed by atoms with Gasteiger partial charge in [-0.25, -0.2) is 14.4 Å². The largest absolute Gasteiger partial charge is 0.449 e. The zero-order chi connectivity index (χ0) is 16.1. The van der Waals surface area contributed by atoms with E-state index in [1.807, 2.05) is 6.07 Å². The fourth-order valence-electron chi connectivity index (χ4n) is 2.87. The maximum absolute atomic E-state index is 13.8. The second kappa shape index (κ2) is 7.31. The Morgan fingerprint density at radius 3 is 2.96 bits per heavy atom. The molecule has 0 spiro atoms. The Bertz CT molecular complexity index is 669. The fraction of sp³-hybridized carbons (Fsp3) is 0.438. The molecule has 0 saturated carbocycles. The van der Waals surface area contributed by atoms with E-state index in [1.54, 1.807) is 24.5 Å². The highest BCUT2D eigenvalue weighted by atomic mass is 19.1. The Morgan fingerprint density at radius 1 is 1.39 bits per heavy atom. The van der Waals surface area contributed by atoms with Crippen LogP contribution in [0.25, 0.3) is 0 Å². The Hall–Kier alpha value is -2.30. The van der Waals surface area contributed by atoms with Gasteiger partial charge >= 0.3 is 0 Å². The van der Waals surface area contributed by atoms with Crippen LogP contribution >= 0.6 is 0 Å². The van der Waals surface area contributed by atoms with E-state index in [4.69, 9.17) is 9.68 Å². The Morgan fingerprint density at radius 2 is 2.22 bits per heavy atom. The lowest BCUT2D eigenvalue weighted by atomic mass is 10.2. The highest BCUT2D eigenvalue weighted by Gasteiger charge is 2.31. The van der Waals surface area contributed by atoms with Crippen molar-refractivity contribution in [1.29, 1.82) is 5.26 Å². The molecule has 0 unspecified atom stereocenters. The predicted octanol–water partition coefficient (Wildman–Crippen LogP) is 1.64. The first-order chi connectivity index (χ1) is 11.2. The molecule has 2 aromatic heterocycles. The topological polar surface area (TPSA) is 78.0 Å². The number of hydrogen-bond acceptors (Lipinski definition) is 6. The monoisotopic (exact) mass is 315 g/mol. The summed E-state index contributed by atoms with van der Waals surface area (Å²) < 4.78 is 19.1. The van der Waals surface area contributed by atoms with E-state index in [-0.39, 0.29) is 6.04 Å². The maximum Gasteiger partial charge on any atom is 0.203 e. The van der Waals surface area contributed by atoms with E-state index in [0.29, 0.717) is 44.1 Å². The molecule has 23 heavy (non-hydrogen) atoms. The Kier molecular flexibility index (Phi) is 4.95. The Labute approximate surface area is 134 Å². The molecule has 3 rings (SSSR count). The van der Waals surface area contributed by atoms with Gasteiger partial charge in [-0.2, -0.15) is 5.26 Å². The molecular weight excluding hydrogens is 297 g/mol. The average molecular weight is 315 g/mol. The third kappa shape index (κ3) is 4.12. The van der Waals surface area contributed by atoms with Gasteiger partial charge in [0.1, 0.15) is 24.3 Å². The third-order valence-electron chi connectivity index (χ3n) is 3.93. The zero-order valence-electron chi connectivity index (χ0n) is 12.7. The number of halogens is 1. The molecule has 2 atom stereocenters. The first kappa shape index (κ1) is 15.6. The van der Waals surface area contributed by atoms with Crippen molar-refractivity contribution in [2.24, 2.45) is 0 Å². The normalized spacial score (nSPS) is 21.4. The van der Waals surface area contributed by atoms with Crippen molar-refractivity contribution in [3.63, 3.8) is 0 Å². The predicted molar refractivity (Wildman–Crippen MR) is 80.9 cm³/mol. The second-order valence-electron chi connectivity index (χ2n) is 5.67. The van der Waals surface area contributed by atoms with E-state index < -0.39 is 6.17 Å². The van der Waals surface area contributed by atoms with Crippen LogP contribution in [0.4, 0.5) is 4.39 Å². The van der Waals surface area contributed by atoms with Gasteiger partial charge in [0.25, 0.3) is 0 Å². The molecule has 1 fully saturated rings. The summed E-state index contributed by atoms with van der Waals surface area (Å²) in [7, 11) is 0. The van der Waals surface area contributed by atoms with E-state index in [9.17, 15) is 4.39 Å². The molecule has 0 aromatic carbocycles. The summed E-state index contributed by atoms with van der Waals surface area (Å²) in [6, 6.07) is 5.50. The van der Waals surface area contributed by atoms with Crippen LogP contribution in [-0.4, -0.2) is 40.2 Å². The number of furan rings is 1. The number of nitrogens with one attached hydrogen (secondary N) is 1. The first-order valence-electron chi connectivity index (χ1n) is 7.56. The smallest absolute Gasteiger partial charge is 0.203 e. The van der Waals surface area contributed by atoms with Crippen molar-refractivity contribution in [1.82, 2.24) is 20.2 Å². The molecule has 2 aromatic rings. The lowest BCUT2D eigenvalue weighted by Gasteiger charge is -2.24. The van der Waals surface area contributed by atoms with Crippen molar-refractivity contribution in [3.8, 4) is 6.07 Å². The van der Waals surface area contributed by atoms with Gasteiger partial charge in [0.15, 0.2) is 0 Å². The molecule has 1 saturated heterocycles. The van der Waals surface area contributed by atoms with Gasteiger partial charge in [-0.3, -0.25) is 4.90 Å². The first-order valence-corrected chi connectivity index (χ1v) is 7.56. The summed E-state index contributed by atoms with van der Waals surface area (Å²) in [5, 5.41) is 12.0. The summed E-state index contributed by atoms with van der Waals surface area (Å²) in [5.41, 5.74) is 0.983. The number of nitrogens with zero attached hydrogens (tertiary/aromatic N) is 4. The average Bonchev–Trinajstić information content (AvgIpc) is 3.15. The van der Waals surface area contributed by atoms with Gasteiger partial charge < -0.3 is 9.73 Å². The molecule has 0 radical (unpaired) electrons. The second-order valence-corrected chi connectivity index (χ2v) is 5.67. The van der Waals surface area contributed by atoms with Crippen LogP contribution in [0.5, 0.6) is 0 Å². The van der Waals surface area contributed by atoms with Crippen LogP contribution in [0.2, 0.25) is 0 Å². The third-order valence-corrected chi connectivity index (χ3v) is 3.93. The molecular formula is C16H18FN5O. The number of rotatable bonds is 6. The minimum absolute atomic E-state index is 0.121. The molecule has 3 heterocycles. The number of likely N-dealkylation sites (tertiary alicyclic amines) is 1. The molecule has 1 N–H and O–H groups in total. The van der Waals surface area contributed by atoms with Gasteiger partial charge in [-0.05, 0) is 18.6 Å². The van der Waals surface area contributed by atoms with Gasteiger partial charge in [0.05, 0.1) is 6.54 Å². The van der Waals surface area contributed by atoms with E-state index in [0.717, 1.165) is 5.56 Å². The van der Waals surface area contributed by atoms with Crippen LogP contribution in [0, 0.1) is 11.3 Å². The Balaban J connectivity index is 1.52. The molecule has 7 heteroatoms. The summed E-state index contributed by atoms with van der Waals surface area (Å²) in [6.07, 6.45) is 4.72. The highest BCUT2D eigenvalue weighted by Crippen LogP contribution is 2.22. The van der Waals surface area contributed by atoms with Crippen molar-refractivity contribution < 1.29 is 8.81 Å². The number of aromatic nitrogens is 2. The summed E-state index contributed by atoms with van der Waals surface area (Å²) >= 11 is 0. The SMILES string of the molecule is N#Cc1ccc(CNC[C@@H]2C[C@H](F)CN2Cc2cncnc2)o1. The van der Waals surface area contributed by atoms with Crippen LogP contribution in [-0.2, 0) is 13.1 Å². The van der Waals surface area contributed by atoms with Gasteiger partial charge in [-0.1, -0.05) is 0 Å². The summed E-state index contributed by atoms with van der Waals surface area (Å²) in [4.78, 5) is 10.1. The molecule has 1 aliphatic rings. The highest BCUT2D eigenvalue weighted by molar-refractivity contribution is 5.19. The van der Waals surface area contributed by atoms with Crippen molar-refractivity contribution >= 4 is 0 Å². The fourth-order valence-corrected chi connectivity index (χ4v) is 2.87.